The van der Waals surface area contributed by atoms with Crippen LogP contribution in [0.2, 0.25) is 5.02 Å². The molecule has 0 radical (unpaired) electrons. The fraction of sp³-hybridized carbons (Fsp3) is 0.462. The molecule has 1 aromatic carbocycles. The molecule has 0 saturated carbocycles. The first-order valence-corrected chi connectivity index (χ1v) is 6.76. The molecule has 7 heteroatoms. The summed E-state index contributed by atoms with van der Waals surface area (Å²) in [6.45, 7) is 7.11. The molecule has 0 unspecified atom stereocenters. The van der Waals surface area contributed by atoms with Crippen molar-refractivity contribution < 1.29 is 4.74 Å². The van der Waals surface area contributed by atoms with Crippen molar-refractivity contribution in [3.63, 3.8) is 0 Å². The summed E-state index contributed by atoms with van der Waals surface area (Å²) in [7, 11) is 0. The zero-order chi connectivity index (χ0) is 14.8. The first-order chi connectivity index (χ1) is 9.43. The van der Waals surface area contributed by atoms with Crippen LogP contribution in [0.25, 0.3) is 11.4 Å². The summed E-state index contributed by atoms with van der Waals surface area (Å²) in [6, 6.07) is 5.27. The minimum atomic E-state index is -0.362. The highest BCUT2D eigenvalue weighted by Gasteiger charge is 2.22. The average molecular weight is 296 g/mol. The summed E-state index contributed by atoms with van der Waals surface area (Å²) < 4.78 is 7.36. The maximum Gasteiger partial charge on any atom is 0.183 e. The molecular weight excluding hydrogens is 278 g/mol. The van der Waals surface area contributed by atoms with E-state index in [9.17, 15) is 0 Å². The number of nitrogen functional groups attached to an aromatic ring is 1. The van der Waals surface area contributed by atoms with Crippen molar-refractivity contribution in [2.45, 2.75) is 32.9 Å². The van der Waals surface area contributed by atoms with Gasteiger partial charge in [-0.2, -0.15) is 0 Å². The second-order valence-electron chi connectivity index (χ2n) is 5.09. The minimum absolute atomic E-state index is 0.362. The van der Waals surface area contributed by atoms with Crippen molar-refractivity contribution in [2.24, 2.45) is 0 Å². The molecule has 0 aliphatic carbocycles. The number of nitrogens with zero attached hydrogens (tertiary/aromatic N) is 4. The number of rotatable bonds is 5. The lowest BCUT2D eigenvalue weighted by Gasteiger charge is -2.24. The molecule has 0 amide bonds. The van der Waals surface area contributed by atoms with Gasteiger partial charge in [0.05, 0.1) is 17.2 Å². The number of nitrogens with two attached hydrogens (primary N) is 1. The predicted molar refractivity (Wildman–Crippen MR) is 78.4 cm³/mol. The van der Waals surface area contributed by atoms with Gasteiger partial charge in [0.2, 0.25) is 0 Å². The zero-order valence-corrected chi connectivity index (χ0v) is 12.6. The van der Waals surface area contributed by atoms with Crippen molar-refractivity contribution in [1.29, 1.82) is 0 Å². The number of ether oxygens (including phenoxy) is 1. The summed E-state index contributed by atoms with van der Waals surface area (Å²) in [5, 5.41) is 12.3. The Bertz CT molecular complexity index is 596. The Balaban J connectivity index is 2.33. The van der Waals surface area contributed by atoms with Gasteiger partial charge in [-0.25, -0.2) is 4.68 Å². The molecule has 0 saturated heterocycles. The van der Waals surface area contributed by atoms with E-state index in [4.69, 9.17) is 22.1 Å². The van der Waals surface area contributed by atoms with Gasteiger partial charge in [0, 0.05) is 17.9 Å². The largest absolute Gasteiger partial charge is 0.399 e. The van der Waals surface area contributed by atoms with E-state index in [-0.39, 0.29) is 5.60 Å². The highest BCUT2D eigenvalue weighted by molar-refractivity contribution is 6.33. The molecule has 2 aromatic rings. The summed E-state index contributed by atoms with van der Waals surface area (Å²) in [5.74, 6) is 0.600. The smallest absolute Gasteiger partial charge is 0.183 e. The molecule has 1 heterocycles. The number of tetrazole rings is 1. The van der Waals surface area contributed by atoms with Crippen LogP contribution in [0.4, 0.5) is 5.69 Å². The molecule has 20 heavy (non-hydrogen) atoms. The van der Waals surface area contributed by atoms with E-state index in [2.05, 4.69) is 15.5 Å². The van der Waals surface area contributed by atoms with Gasteiger partial charge in [-0.15, -0.1) is 5.10 Å². The molecule has 0 atom stereocenters. The van der Waals surface area contributed by atoms with Crippen LogP contribution in [-0.4, -0.2) is 32.4 Å². The Morgan fingerprint density at radius 3 is 2.80 bits per heavy atom. The van der Waals surface area contributed by atoms with Gasteiger partial charge in [-0.3, -0.25) is 0 Å². The van der Waals surface area contributed by atoms with E-state index in [0.717, 1.165) is 5.56 Å². The van der Waals surface area contributed by atoms with Gasteiger partial charge in [-0.05, 0) is 49.4 Å². The molecule has 0 aliphatic heterocycles. The van der Waals surface area contributed by atoms with Gasteiger partial charge >= 0.3 is 0 Å². The monoisotopic (exact) mass is 295 g/mol. The number of hydrogen-bond donors (Lipinski definition) is 1. The van der Waals surface area contributed by atoms with Crippen molar-refractivity contribution in [3.8, 4) is 11.4 Å². The Morgan fingerprint density at radius 2 is 2.15 bits per heavy atom. The first-order valence-electron chi connectivity index (χ1n) is 6.38. The fourth-order valence-electron chi connectivity index (χ4n) is 2.01. The number of aromatic nitrogens is 4. The highest BCUT2D eigenvalue weighted by Crippen LogP contribution is 2.28. The van der Waals surface area contributed by atoms with Crippen molar-refractivity contribution >= 4 is 17.3 Å². The molecule has 6 nitrogen and oxygen atoms in total. The van der Waals surface area contributed by atoms with Crippen molar-refractivity contribution in [1.82, 2.24) is 20.2 Å². The van der Waals surface area contributed by atoms with Crippen LogP contribution >= 0.6 is 11.6 Å². The van der Waals surface area contributed by atoms with Crippen LogP contribution in [0, 0.1) is 0 Å². The molecule has 0 fully saturated rings. The quantitative estimate of drug-likeness (QED) is 0.857. The molecule has 108 valence electrons. The first kappa shape index (κ1) is 14.7. The third kappa shape index (κ3) is 3.26. The number of benzene rings is 1. The van der Waals surface area contributed by atoms with Gasteiger partial charge in [0.25, 0.3) is 0 Å². The molecule has 2 rings (SSSR count). The fourth-order valence-corrected chi connectivity index (χ4v) is 2.29. The minimum Gasteiger partial charge on any atom is -0.399 e. The third-order valence-electron chi connectivity index (χ3n) is 2.83. The standard InChI is InChI=1S/C13H18ClN5O/c1-4-20-13(2,3)8-19-12(16-17-18-19)10-6-5-9(15)7-11(10)14/h5-7H,4,8,15H2,1-3H3. The summed E-state index contributed by atoms with van der Waals surface area (Å²) >= 11 is 6.21. The van der Waals surface area contributed by atoms with Crippen LogP contribution in [0.5, 0.6) is 0 Å². The molecule has 2 N–H and O–H groups in total. The van der Waals surface area contributed by atoms with Crippen molar-refractivity contribution in [2.75, 3.05) is 12.3 Å². The van der Waals surface area contributed by atoms with E-state index in [0.29, 0.717) is 29.7 Å². The Labute approximate surface area is 122 Å². The molecule has 0 spiro atoms. The normalized spacial score (nSPS) is 11.8. The maximum atomic E-state index is 6.21. The molecular formula is C13H18ClN5O. The molecule has 0 bridgehead atoms. The van der Waals surface area contributed by atoms with Gasteiger partial charge < -0.3 is 10.5 Å². The Morgan fingerprint density at radius 1 is 1.40 bits per heavy atom. The van der Waals surface area contributed by atoms with Crippen LogP contribution in [0.3, 0.4) is 0 Å². The average Bonchev–Trinajstić information content (AvgIpc) is 2.76. The Kier molecular flexibility index (Phi) is 4.25. The van der Waals surface area contributed by atoms with E-state index < -0.39 is 0 Å². The number of hydrogen-bond acceptors (Lipinski definition) is 5. The predicted octanol–water partition coefficient (Wildman–Crippen LogP) is 2.39. The van der Waals surface area contributed by atoms with Crippen LogP contribution in [0.15, 0.2) is 18.2 Å². The lowest BCUT2D eigenvalue weighted by atomic mass is 10.1. The number of anilines is 1. The maximum absolute atomic E-state index is 6.21. The SMILES string of the molecule is CCOC(C)(C)Cn1nnnc1-c1ccc(N)cc1Cl. The Hall–Kier alpha value is -1.66. The van der Waals surface area contributed by atoms with Crippen LogP contribution < -0.4 is 5.73 Å². The molecule has 1 aromatic heterocycles. The van der Waals surface area contributed by atoms with E-state index in [1.54, 1.807) is 16.8 Å². The lowest BCUT2D eigenvalue weighted by Crippen LogP contribution is -2.31. The summed E-state index contributed by atoms with van der Waals surface area (Å²) in [5.41, 5.74) is 6.69. The zero-order valence-electron chi connectivity index (χ0n) is 11.8. The van der Waals surface area contributed by atoms with E-state index >= 15 is 0 Å². The highest BCUT2D eigenvalue weighted by atomic mass is 35.5. The van der Waals surface area contributed by atoms with E-state index in [1.807, 2.05) is 26.8 Å². The topological polar surface area (TPSA) is 78.8 Å². The summed E-state index contributed by atoms with van der Waals surface area (Å²) in [6.07, 6.45) is 0. The van der Waals surface area contributed by atoms with E-state index in [1.165, 1.54) is 0 Å². The third-order valence-corrected chi connectivity index (χ3v) is 3.14. The van der Waals surface area contributed by atoms with Crippen LogP contribution in [-0.2, 0) is 11.3 Å². The summed E-state index contributed by atoms with van der Waals surface area (Å²) in [4.78, 5) is 0. The van der Waals surface area contributed by atoms with Gasteiger partial charge in [0.1, 0.15) is 0 Å². The van der Waals surface area contributed by atoms with Crippen LogP contribution in [0.1, 0.15) is 20.8 Å². The number of halogens is 1. The lowest BCUT2D eigenvalue weighted by molar-refractivity contribution is -0.0246. The van der Waals surface area contributed by atoms with Crippen molar-refractivity contribution in [3.05, 3.63) is 23.2 Å². The van der Waals surface area contributed by atoms with Gasteiger partial charge in [0.15, 0.2) is 5.82 Å². The molecule has 0 aliphatic rings. The second kappa shape index (κ2) is 5.76. The van der Waals surface area contributed by atoms with Gasteiger partial charge in [-0.1, -0.05) is 11.6 Å². The second-order valence-corrected chi connectivity index (χ2v) is 5.50.